The minimum atomic E-state index is -0.469. The van der Waals surface area contributed by atoms with E-state index in [0.29, 0.717) is 38.2 Å². The molecule has 1 aliphatic carbocycles. The Balaban J connectivity index is 1.28. The molecule has 0 saturated carbocycles. The van der Waals surface area contributed by atoms with Crippen molar-refractivity contribution in [2.75, 3.05) is 31.1 Å². The predicted octanol–water partition coefficient (Wildman–Crippen LogP) is 5.03. The molecule has 3 heterocycles. The first-order valence-corrected chi connectivity index (χ1v) is 13.5. The molecule has 1 amide bonds. The minimum absolute atomic E-state index is 0.0685. The van der Waals surface area contributed by atoms with Gasteiger partial charge in [0, 0.05) is 55.2 Å². The maximum atomic E-state index is 13.1. The molecule has 188 valence electrons. The van der Waals surface area contributed by atoms with Crippen LogP contribution in [0.25, 0.3) is 10.2 Å². The fourth-order valence-corrected chi connectivity index (χ4v) is 6.60. The smallest absolute Gasteiger partial charge is 0.270 e. The number of aromatic nitrogens is 2. The minimum Gasteiger partial charge on any atom is -0.352 e. The lowest BCUT2D eigenvalue weighted by Crippen LogP contribution is -2.49. The number of benzene rings is 2. The monoisotopic (exact) mass is 513 g/mol. The molecule has 2 aromatic carbocycles. The summed E-state index contributed by atoms with van der Waals surface area (Å²) in [6.07, 6.45) is 5.26. The molecule has 2 aliphatic rings. The van der Waals surface area contributed by atoms with Gasteiger partial charge in [0.25, 0.3) is 11.6 Å². The SMILES string of the molecule is O=C(c1cccc([N+](=O)[O-])c1)N1CCN(c2nc(Cc3ccccc3)nc3sc4c(c23)CCCC4)CC1. The Hall–Kier alpha value is -3.85. The van der Waals surface area contributed by atoms with Crippen LogP contribution in [-0.2, 0) is 19.3 Å². The molecule has 0 spiro atoms. The molecule has 9 heteroatoms. The summed E-state index contributed by atoms with van der Waals surface area (Å²) in [6, 6.07) is 16.3. The van der Waals surface area contributed by atoms with Crippen molar-refractivity contribution in [1.82, 2.24) is 14.9 Å². The summed E-state index contributed by atoms with van der Waals surface area (Å²) in [4.78, 5) is 40.4. The Morgan fingerprint density at radius 3 is 2.54 bits per heavy atom. The normalized spacial score (nSPS) is 15.6. The summed E-state index contributed by atoms with van der Waals surface area (Å²) in [7, 11) is 0. The number of amides is 1. The molecule has 6 rings (SSSR count). The number of fused-ring (bicyclic) bond motifs is 3. The molecular weight excluding hydrogens is 486 g/mol. The van der Waals surface area contributed by atoms with Crippen LogP contribution in [0.2, 0.25) is 0 Å². The van der Waals surface area contributed by atoms with Crippen LogP contribution < -0.4 is 4.90 Å². The summed E-state index contributed by atoms with van der Waals surface area (Å²) in [5, 5.41) is 12.3. The average molecular weight is 514 g/mol. The number of hydrogen-bond acceptors (Lipinski definition) is 7. The Morgan fingerprint density at radius 1 is 0.973 bits per heavy atom. The van der Waals surface area contributed by atoms with Gasteiger partial charge in [-0.25, -0.2) is 9.97 Å². The molecular formula is C28H27N5O3S. The average Bonchev–Trinajstić information content (AvgIpc) is 3.31. The zero-order valence-electron chi connectivity index (χ0n) is 20.4. The lowest BCUT2D eigenvalue weighted by atomic mass is 9.96. The van der Waals surface area contributed by atoms with Crippen LogP contribution >= 0.6 is 11.3 Å². The van der Waals surface area contributed by atoms with Gasteiger partial charge in [0.2, 0.25) is 0 Å². The maximum Gasteiger partial charge on any atom is 0.270 e. The van der Waals surface area contributed by atoms with Crippen LogP contribution in [0, 0.1) is 10.1 Å². The van der Waals surface area contributed by atoms with Crippen molar-refractivity contribution in [1.29, 1.82) is 0 Å². The van der Waals surface area contributed by atoms with E-state index in [1.165, 1.54) is 46.4 Å². The van der Waals surface area contributed by atoms with Crippen molar-refractivity contribution in [2.24, 2.45) is 0 Å². The van der Waals surface area contributed by atoms with Gasteiger partial charge in [-0.1, -0.05) is 36.4 Å². The number of hydrogen-bond donors (Lipinski definition) is 0. The highest BCUT2D eigenvalue weighted by Gasteiger charge is 2.28. The number of anilines is 1. The van der Waals surface area contributed by atoms with E-state index in [0.717, 1.165) is 29.3 Å². The Labute approximate surface area is 218 Å². The van der Waals surface area contributed by atoms with E-state index < -0.39 is 4.92 Å². The third-order valence-corrected chi connectivity index (χ3v) is 8.40. The zero-order chi connectivity index (χ0) is 25.4. The number of nitro benzene ring substituents is 1. The third-order valence-electron chi connectivity index (χ3n) is 7.22. The Bertz CT molecular complexity index is 1480. The fraction of sp³-hybridized carbons (Fsp3) is 0.321. The van der Waals surface area contributed by atoms with Gasteiger partial charge in [-0.15, -0.1) is 11.3 Å². The Morgan fingerprint density at radius 2 is 1.76 bits per heavy atom. The quantitative estimate of drug-likeness (QED) is 0.275. The van der Waals surface area contributed by atoms with Crippen LogP contribution in [0.15, 0.2) is 54.6 Å². The number of non-ortho nitro benzene ring substituents is 1. The van der Waals surface area contributed by atoms with Crippen molar-refractivity contribution in [2.45, 2.75) is 32.1 Å². The summed E-state index contributed by atoms with van der Waals surface area (Å²) in [5.41, 5.74) is 2.87. The van der Waals surface area contributed by atoms with E-state index in [4.69, 9.17) is 9.97 Å². The molecule has 0 unspecified atom stereocenters. The van der Waals surface area contributed by atoms with Crippen molar-refractivity contribution >= 4 is 39.0 Å². The summed E-state index contributed by atoms with van der Waals surface area (Å²) < 4.78 is 0. The van der Waals surface area contributed by atoms with Gasteiger partial charge in [0.1, 0.15) is 16.5 Å². The predicted molar refractivity (Wildman–Crippen MR) is 145 cm³/mol. The van der Waals surface area contributed by atoms with Crippen molar-refractivity contribution in [3.63, 3.8) is 0 Å². The van der Waals surface area contributed by atoms with E-state index >= 15 is 0 Å². The van der Waals surface area contributed by atoms with Crippen molar-refractivity contribution in [3.05, 3.63) is 92.1 Å². The number of nitro groups is 1. The third kappa shape index (κ3) is 4.67. The highest BCUT2D eigenvalue weighted by molar-refractivity contribution is 7.19. The van der Waals surface area contributed by atoms with E-state index in [9.17, 15) is 14.9 Å². The molecule has 1 saturated heterocycles. The molecule has 0 radical (unpaired) electrons. The molecule has 0 atom stereocenters. The van der Waals surface area contributed by atoms with Crippen LogP contribution in [0.5, 0.6) is 0 Å². The van der Waals surface area contributed by atoms with Gasteiger partial charge in [0.15, 0.2) is 0 Å². The number of carbonyl (C=O) groups excluding carboxylic acids is 1. The first-order chi connectivity index (χ1) is 18.1. The highest BCUT2D eigenvalue weighted by Crippen LogP contribution is 2.40. The van der Waals surface area contributed by atoms with Gasteiger partial charge in [0.05, 0.1) is 10.3 Å². The number of nitrogens with zero attached hydrogens (tertiary/aromatic N) is 5. The van der Waals surface area contributed by atoms with E-state index in [-0.39, 0.29) is 11.6 Å². The van der Waals surface area contributed by atoms with Crippen LogP contribution in [0.4, 0.5) is 11.5 Å². The second-order valence-corrected chi connectivity index (χ2v) is 10.7. The van der Waals surface area contributed by atoms with Crippen molar-refractivity contribution < 1.29 is 9.72 Å². The zero-order valence-corrected chi connectivity index (χ0v) is 21.2. The second kappa shape index (κ2) is 9.89. The number of piperazine rings is 1. The maximum absolute atomic E-state index is 13.1. The Kier molecular flexibility index (Phi) is 6.30. The molecule has 0 bridgehead atoms. The molecule has 2 aromatic heterocycles. The van der Waals surface area contributed by atoms with Crippen LogP contribution in [-0.4, -0.2) is 51.9 Å². The number of rotatable bonds is 5. The van der Waals surface area contributed by atoms with Crippen molar-refractivity contribution in [3.8, 4) is 0 Å². The summed E-state index contributed by atoms with van der Waals surface area (Å²) >= 11 is 1.81. The van der Waals surface area contributed by atoms with Gasteiger partial charge >= 0.3 is 0 Å². The van der Waals surface area contributed by atoms with E-state index in [2.05, 4.69) is 17.0 Å². The van der Waals surface area contributed by atoms with Gasteiger partial charge < -0.3 is 9.80 Å². The lowest BCUT2D eigenvalue weighted by Gasteiger charge is -2.36. The topological polar surface area (TPSA) is 92.5 Å². The number of carbonyl (C=O) groups is 1. The first kappa shape index (κ1) is 23.5. The molecule has 37 heavy (non-hydrogen) atoms. The molecule has 0 N–H and O–H groups in total. The highest BCUT2D eigenvalue weighted by atomic mass is 32.1. The standard InChI is InChI=1S/C28H27N5O3S/c34-28(20-9-6-10-21(18-20)33(35)36)32-15-13-31(14-16-32)26-25-22-11-4-5-12-23(22)37-27(25)30-24(29-26)17-19-7-2-1-3-8-19/h1-3,6-10,18H,4-5,11-17H2. The van der Waals surface area contributed by atoms with E-state index in [1.807, 2.05) is 29.5 Å². The molecule has 4 aromatic rings. The summed E-state index contributed by atoms with van der Waals surface area (Å²) in [5.74, 6) is 1.63. The van der Waals surface area contributed by atoms with Crippen LogP contribution in [0.3, 0.4) is 0 Å². The number of aryl methyl sites for hydroxylation is 2. The van der Waals surface area contributed by atoms with E-state index in [1.54, 1.807) is 17.0 Å². The molecule has 8 nitrogen and oxygen atoms in total. The molecule has 1 fully saturated rings. The second-order valence-electron chi connectivity index (χ2n) is 9.60. The fourth-order valence-electron chi connectivity index (χ4n) is 5.32. The van der Waals surface area contributed by atoms with Gasteiger partial charge in [-0.2, -0.15) is 0 Å². The first-order valence-electron chi connectivity index (χ1n) is 12.7. The summed E-state index contributed by atoms with van der Waals surface area (Å²) in [6.45, 7) is 2.38. The lowest BCUT2D eigenvalue weighted by molar-refractivity contribution is -0.384. The largest absolute Gasteiger partial charge is 0.352 e. The van der Waals surface area contributed by atoms with Gasteiger partial charge in [-0.05, 0) is 42.9 Å². The molecule has 1 aliphatic heterocycles. The van der Waals surface area contributed by atoms with Crippen LogP contribution in [0.1, 0.15) is 45.0 Å². The van der Waals surface area contributed by atoms with Gasteiger partial charge in [-0.3, -0.25) is 14.9 Å². The number of thiophene rings is 1.